The van der Waals surface area contributed by atoms with Gasteiger partial charge in [0.05, 0.1) is 16.9 Å². The van der Waals surface area contributed by atoms with Crippen molar-refractivity contribution in [3.8, 4) is 0 Å². The standard InChI is InChI=1S/C22H27ClN2O3S/c1-16(17-9-11-20(12-10-17)29(2,27)28)24-22(26)19-7-5-13-25(15-19)14-18-6-3-4-8-21(18)23/h3-4,6,8-12,16,19H,5,7,13-15H2,1-2H3,(H,24,26)/t16-,19+/m1/s1. The van der Waals surface area contributed by atoms with E-state index in [0.29, 0.717) is 6.54 Å². The van der Waals surface area contributed by atoms with Crippen molar-refractivity contribution in [2.24, 2.45) is 5.92 Å². The van der Waals surface area contributed by atoms with Crippen LogP contribution in [0.3, 0.4) is 0 Å². The first-order chi connectivity index (χ1) is 13.7. The lowest BCUT2D eigenvalue weighted by Crippen LogP contribution is -2.43. The van der Waals surface area contributed by atoms with Crippen LogP contribution in [-0.2, 0) is 21.2 Å². The Morgan fingerprint density at radius 1 is 1.21 bits per heavy atom. The number of rotatable bonds is 6. The van der Waals surface area contributed by atoms with Crippen LogP contribution in [0, 0.1) is 5.92 Å². The fraction of sp³-hybridized carbons (Fsp3) is 0.409. The molecule has 1 heterocycles. The molecule has 1 aliphatic heterocycles. The Balaban J connectivity index is 1.59. The fourth-order valence-corrected chi connectivity index (χ4v) is 4.52. The molecule has 0 radical (unpaired) electrons. The first-order valence-corrected chi connectivity index (χ1v) is 12.1. The Kier molecular flexibility index (Phi) is 6.98. The van der Waals surface area contributed by atoms with Crippen molar-refractivity contribution < 1.29 is 13.2 Å². The minimum Gasteiger partial charge on any atom is -0.349 e. The molecule has 3 rings (SSSR count). The average Bonchev–Trinajstić information content (AvgIpc) is 2.69. The zero-order valence-corrected chi connectivity index (χ0v) is 18.3. The predicted molar refractivity (Wildman–Crippen MR) is 116 cm³/mol. The summed E-state index contributed by atoms with van der Waals surface area (Å²) in [5.74, 6) is -0.0301. The number of carbonyl (C=O) groups is 1. The second kappa shape index (κ2) is 9.28. The van der Waals surface area contributed by atoms with Crippen LogP contribution in [0.2, 0.25) is 5.02 Å². The number of piperidine rings is 1. The van der Waals surface area contributed by atoms with Crippen LogP contribution < -0.4 is 5.32 Å². The summed E-state index contributed by atoms with van der Waals surface area (Å²) in [6.45, 7) is 4.32. The molecule has 0 aromatic heterocycles. The maximum atomic E-state index is 12.8. The van der Waals surface area contributed by atoms with Gasteiger partial charge in [0, 0.05) is 24.4 Å². The molecule has 2 atom stereocenters. The first kappa shape index (κ1) is 21.8. The Morgan fingerprint density at radius 3 is 2.55 bits per heavy atom. The highest BCUT2D eigenvalue weighted by atomic mass is 35.5. The zero-order chi connectivity index (χ0) is 21.0. The number of likely N-dealkylation sites (tertiary alicyclic amines) is 1. The van der Waals surface area contributed by atoms with Crippen LogP contribution in [0.5, 0.6) is 0 Å². The molecule has 1 saturated heterocycles. The molecule has 0 saturated carbocycles. The van der Waals surface area contributed by atoms with Gasteiger partial charge in [-0.05, 0) is 55.6 Å². The van der Waals surface area contributed by atoms with E-state index in [4.69, 9.17) is 11.6 Å². The smallest absolute Gasteiger partial charge is 0.224 e. The first-order valence-electron chi connectivity index (χ1n) is 9.80. The van der Waals surface area contributed by atoms with Crippen LogP contribution >= 0.6 is 11.6 Å². The van der Waals surface area contributed by atoms with Crippen molar-refractivity contribution in [3.05, 3.63) is 64.7 Å². The van der Waals surface area contributed by atoms with Gasteiger partial charge in [-0.2, -0.15) is 0 Å². The monoisotopic (exact) mass is 434 g/mol. The van der Waals surface area contributed by atoms with Gasteiger partial charge < -0.3 is 5.32 Å². The molecule has 2 aromatic carbocycles. The molecule has 1 fully saturated rings. The Labute approximate surface area is 178 Å². The van der Waals surface area contributed by atoms with Crippen molar-refractivity contribution >= 4 is 27.3 Å². The number of amides is 1. The van der Waals surface area contributed by atoms with E-state index >= 15 is 0 Å². The van der Waals surface area contributed by atoms with Crippen LogP contribution in [0.15, 0.2) is 53.4 Å². The van der Waals surface area contributed by atoms with Gasteiger partial charge in [-0.25, -0.2) is 8.42 Å². The Bertz CT molecular complexity index is 960. The van der Waals surface area contributed by atoms with E-state index in [1.54, 1.807) is 24.3 Å². The summed E-state index contributed by atoms with van der Waals surface area (Å²) in [5, 5.41) is 3.83. The molecule has 1 aliphatic rings. The molecule has 1 N–H and O–H groups in total. The van der Waals surface area contributed by atoms with Crippen molar-refractivity contribution in [2.45, 2.75) is 37.2 Å². The largest absolute Gasteiger partial charge is 0.349 e. The van der Waals surface area contributed by atoms with E-state index in [0.717, 1.165) is 42.1 Å². The quantitative estimate of drug-likeness (QED) is 0.750. The van der Waals surface area contributed by atoms with Gasteiger partial charge in [0.15, 0.2) is 9.84 Å². The molecule has 0 spiro atoms. The number of sulfone groups is 1. The highest BCUT2D eigenvalue weighted by Crippen LogP contribution is 2.23. The van der Waals surface area contributed by atoms with Gasteiger partial charge in [0.2, 0.25) is 5.91 Å². The number of nitrogens with one attached hydrogen (secondary N) is 1. The summed E-state index contributed by atoms with van der Waals surface area (Å²) in [4.78, 5) is 15.4. The number of carbonyl (C=O) groups excluding carboxylic acids is 1. The van der Waals surface area contributed by atoms with Crippen molar-refractivity contribution in [3.63, 3.8) is 0 Å². The second-order valence-corrected chi connectivity index (χ2v) is 10.2. The molecule has 7 heteroatoms. The Morgan fingerprint density at radius 2 is 1.90 bits per heavy atom. The van der Waals surface area contributed by atoms with Gasteiger partial charge in [0.1, 0.15) is 0 Å². The second-order valence-electron chi connectivity index (χ2n) is 7.74. The predicted octanol–water partition coefficient (Wildman–Crippen LogP) is 3.83. The van der Waals surface area contributed by atoms with E-state index in [-0.39, 0.29) is 22.8 Å². The summed E-state index contributed by atoms with van der Waals surface area (Å²) in [6, 6.07) is 14.3. The molecule has 0 unspecified atom stereocenters. The van der Waals surface area contributed by atoms with Crippen molar-refractivity contribution in [1.82, 2.24) is 10.2 Å². The number of halogens is 1. The zero-order valence-electron chi connectivity index (χ0n) is 16.8. The molecule has 29 heavy (non-hydrogen) atoms. The van der Waals surface area contributed by atoms with E-state index in [1.165, 1.54) is 6.26 Å². The summed E-state index contributed by atoms with van der Waals surface area (Å²) < 4.78 is 23.2. The molecule has 156 valence electrons. The third kappa shape index (κ3) is 5.81. The number of nitrogens with zero attached hydrogens (tertiary/aromatic N) is 1. The number of benzene rings is 2. The van der Waals surface area contributed by atoms with Gasteiger partial charge in [-0.1, -0.05) is 41.9 Å². The van der Waals surface area contributed by atoms with Crippen molar-refractivity contribution in [2.75, 3.05) is 19.3 Å². The van der Waals surface area contributed by atoms with Crippen LogP contribution in [0.4, 0.5) is 0 Å². The van der Waals surface area contributed by atoms with E-state index in [2.05, 4.69) is 10.2 Å². The van der Waals surface area contributed by atoms with Crippen molar-refractivity contribution in [1.29, 1.82) is 0 Å². The fourth-order valence-electron chi connectivity index (χ4n) is 3.70. The molecule has 0 aliphatic carbocycles. The molecular weight excluding hydrogens is 408 g/mol. The highest BCUT2D eigenvalue weighted by Gasteiger charge is 2.27. The van der Waals surface area contributed by atoms with Crippen LogP contribution in [0.1, 0.15) is 36.9 Å². The van der Waals surface area contributed by atoms with Crippen LogP contribution in [-0.4, -0.2) is 38.6 Å². The normalized spacial score (nSPS) is 18.9. The summed E-state index contributed by atoms with van der Waals surface area (Å²) in [7, 11) is -3.22. The van der Waals surface area contributed by atoms with Crippen LogP contribution in [0.25, 0.3) is 0 Å². The maximum absolute atomic E-state index is 12.8. The molecule has 5 nitrogen and oxygen atoms in total. The lowest BCUT2D eigenvalue weighted by molar-refractivity contribution is -0.127. The summed E-state index contributed by atoms with van der Waals surface area (Å²) in [6.07, 6.45) is 3.02. The third-order valence-electron chi connectivity index (χ3n) is 5.40. The third-order valence-corrected chi connectivity index (χ3v) is 6.89. The lowest BCUT2D eigenvalue weighted by atomic mass is 9.96. The Hall–Kier alpha value is -1.89. The molecule has 0 bridgehead atoms. The average molecular weight is 435 g/mol. The minimum atomic E-state index is -3.22. The highest BCUT2D eigenvalue weighted by molar-refractivity contribution is 7.90. The van der Waals surface area contributed by atoms with E-state index in [9.17, 15) is 13.2 Å². The maximum Gasteiger partial charge on any atom is 0.224 e. The SMILES string of the molecule is C[C@@H](NC(=O)[C@H]1CCCN(Cc2ccccc2Cl)C1)c1ccc(S(C)(=O)=O)cc1. The number of hydrogen-bond acceptors (Lipinski definition) is 4. The minimum absolute atomic E-state index is 0.0357. The molecule has 2 aromatic rings. The van der Waals surface area contributed by atoms with Gasteiger partial charge in [-0.3, -0.25) is 9.69 Å². The van der Waals surface area contributed by atoms with Gasteiger partial charge >= 0.3 is 0 Å². The van der Waals surface area contributed by atoms with Gasteiger partial charge in [0.25, 0.3) is 0 Å². The number of hydrogen-bond donors (Lipinski definition) is 1. The van der Waals surface area contributed by atoms with Gasteiger partial charge in [-0.15, -0.1) is 0 Å². The topological polar surface area (TPSA) is 66.5 Å². The molecule has 1 amide bonds. The summed E-state index contributed by atoms with van der Waals surface area (Å²) >= 11 is 6.27. The van der Waals surface area contributed by atoms with E-state index in [1.807, 2.05) is 31.2 Å². The summed E-state index contributed by atoms with van der Waals surface area (Å²) in [5.41, 5.74) is 1.96. The lowest BCUT2D eigenvalue weighted by Gasteiger charge is -2.32. The van der Waals surface area contributed by atoms with E-state index < -0.39 is 9.84 Å². The molecular formula is C22H27ClN2O3S.